The van der Waals surface area contributed by atoms with Gasteiger partial charge in [-0.3, -0.25) is 9.48 Å². The molecule has 2 aromatic rings. The van der Waals surface area contributed by atoms with Crippen LogP contribution < -0.4 is 11.1 Å². The van der Waals surface area contributed by atoms with Gasteiger partial charge >= 0.3 is 0 Å². The molecule has 1 unspecified atom stereocenters. The topological polar surface area (TPSA) is 85.8 Å². The maximum absolute atomic E-state index is 12.0. The van der Waals surface area contributed by atoms with Crippen molar-refractivity contribution in [2.45, 2.75) is 26.3 Å². The molecule has 0 aliphatic rings. The minimum atomic E-state index is -0.733. The normalized spacial score (nSPS) is 12.4. The van der Waals surface area contributed by atoms with Gasteiger partial charge in [0.05, 0.1) is 11.9 Å². The Morgan fingerprint density at radius 2 is 2.37 bits per heavy atom. The minimum Gasteiger partial charge on any atom is -0.316 e. The molecule has 2 aromatic heterocycles. The highest BCUT2D eigenvalue weighted by molar-refractivity contribution is 7.15. The number of nitrogens with zero attached hydrogens (tertiary/aromatic N) is 3. The van der Waals surface area contributed by atoms with Gasteiger partial charge in [0.1, 0.15) is 6.04 Å². The van der Waals surface area contributed by atoms with Gasteiger partial charge in [0.25, 0.3) is 0 Å². The number of aryl methyl sites for hydroxylation is 3. The zero-order valence-electron chi connectivity index (χ0n) is 11.2. The van der Waals surface area contributed by atoms with Gasteiger partial charge in [-0.15, -0.1) is 11.3 Å². The van der Waals surface area contributed by atoms with Crippen LogP contribution in [0.25, 0.3) is 0 Å². The second-order valence-corrected chi connectivity index (χ2v) is 5.49. The van der Waals surface area contributed by atoms with Crippen LogP contribution in [0.1, 0.15) is 29.1 Å². The summed E-state index contributed by atoms with van der Waals surface area (Å²) in [5, 5.41) is 7.35. The van der Waals surface area contributed by atoms with Crippen molar-refractivity contribution in [1.82, 2.24) is 14.8 Å². The number of carbonyl (C=O) groups excluding carboxylic acids is 1. The standard InChI is InChI=1S/C12H17N5OS/c1-4-9-7(2)19-12(15-9)16-11(18)10(13)8-5-14-17(3)6-8/h5-6,10H,4,13H2,1-3H3,(H,15,16,18). The fraction of sp³-hybridized carbons (Fsp3) is 0.417. The number of hydrogen-bond acceptors (Lipinski definition) is 5. The number of thiazole rings is 1. The maximum atomic E-state index is 12.0. The van der Waals surface area contributed by atoms with Crippen LogP contribution in [0.4, 0.5) is 5.13 Å². The fourth-order valence-electron chi connectivity index (χ4n) is 1.74. The summed E-state index contributed by atoms with van der Waals surface area (Å²) < 4.78 is 1.62. The Bertz CT molecular complexity index is 589. The molecule has 102 valence electrons. The van der Waals surface area contributed by atoms with Crippen molar-refractivity contribution < 1.29 is 4.79 Å². The Morgan fingerprint density at radius 1 is 1.63 bits per heavy atom. The number of hydrogen-bond donors (Lipinski definition) is 2. The van der Waals surface area contributed by atoms with Crippen molar-refractivity contribution in [1.29, 1.82) is 0 Å². The molecule has 6 nitrogen and oxygen atoms in total. The smallest absolute Gasteiger partial charge is 0.247 e. The molecule has 0 aliphatic carbocycles. The molecule has 0 bridgehead atoms. The molecule has 0 radical (unpaired) electrons. The quantitative estimate of drug-likeness (QED) is 0.885. The third-order valence-corrected chi connectivity index (χ3v) is 3.75. The number of nitrogens with two attached hydrogens (primary N) is 1. The lowest BCUT2D eigenvalue weighted by Gasteiger charge is -2.08. The molecular weight excluding hydrogens is 262 g/mol. The summed E-state index contributed by atoms with van der Waals surface area (Å²) in [7, 11) is 1.78. The van der Waals surface area contributed by atoms with Crippen LogP contribution >= 0.6 is 11.3 Å². The average molecular weight is 279 g/mol. The monoisotopic (exact) mass is 279 g/mol. The molecular formula is C12H17N5OS. The molecule has 3 N–H and O–H groups in total. The van der Waals surface area contributed by atoms with Gasteiger partial charge in [0.15, 0.2) is 5.13 Å². The number of carbonyl (C=O) groups is 1. The van der Waals surface area contributed by atoms with Gasteiger partial charge in [0.2, 0.25) is 5.91 Å². The van der Waals surface area contributed by atoms with Crippen LogP contribution in [-0.2, 0) is 18.3 Å². The first-order valence-corrected chi connectivity index (χ1v) is 6.84. The molecule has 0 spiro atoms. The second-order valence-electron chi connectivity index (χ2n) is 4.29. The van der Waals surface area contributed by atoms with Crippen molar-refractivity contribution in [2.24, 2.45) is 12.8 Å². The van der Waals surface area contributed by atoms with Crippen LogP contribution in [-0.4, -0.2) is 20.7 Å². The van der Waals surface area contributed by atoms with E-state index in [1.165, 1.54) is 11.3 Å². The number of amides is 1. The third kappa shape index (κ3) is 2.99. The van der Waals surface area contributed by atoms with Crippen LogP contribution in [0.2, 0.25) is 0 Å². The molecule has 0 aromatic carbocycles. The van der Waals surface area contributed by atoms with Crippen LogP contribution in [0, 0.1) is 6.92 Å². The average Bonchev–Trinajstić information content (AvgIpc) is 2.94. The molecule has 0 fully saturated rings. The first kappa shape index (κ1) is 13.7. The molecule has 0 saturated heterocycles. The van der Waals surface area contributed by atoms with Crippen molar-refractivity contribution in [3.8, 4) is 0 Å². The predicted molar refractivity (Wildman–Crippen MR) is 75.0 cm³/mol. The Balaban J connectivity index is 2.08. The van der Waals surface area contributed by atoms with E-state index in [9.17, 15) is 4.79 Å². The number of aromatic nitrogens is 3. The number of nitrogens with one attached hydrogen (secondary N) is 1. The van der Waals surface area contributed by atoms with Crippen LogP contribution in [0.3, 0.4) is 0 Å². The zero-order chi connectivity index (χ0) is 14.0. The first-order chi connectivity index (χ1) is 9.01. The summed E-state index contributed by atoms with van der Waals surface area (Å²) in [5.74, 6) is -0.274. The predicted octanol–water partition coefficient (Wildman–Crippen LogP) is 1.39. The van der Waals surface area contributed by atoms with Crippen molar-refractivity contribution in [2.75, 3.05) is 5.32 Å². The van der Waals surface area contributed by atoms with Crippen molar-refractivity contribution in [3.05, 3.63) is 28.5 Å². The van der Waals surface area contributed by atoms with Crippen LogP contribution in [0.5, 0.6) is 0 Å². The zero-order valence-corrected chi connectivity index (χ0v) is 12.0. The Kier molecular flexibility index (Phi) is 3.96. The van der Waals surface area contributed by atoms with Gasteiger partial charge in [-0.1, -0.05) is 6.92 Å². The van der Waals surface area contributed by atoms with Gasteiger partial charge in [0, 0.05) is 23.7 Å². The summed E-state index contributed by atoms with van der Waals surface area (Å²) in [6, 6.07) is -0.733. The maximum Gasteiger partial charge on any atom is 0.247 e. The molecule has 1 atom stereocenters. The van der Waals surface area contributed by atoms with Gasteiger partial charge in [-0.25, -0.2) is 4.98 Å². The molecule has 2 rings (SSSR count). The van der Waals surface area contributed by atoms with E-state index in [0.29, 0.717) is 10.7 Å². The van der Waals surface area contributed by atoms with Crippen molar-refractivity contribution in [3.63, 3.8) is 0 Å². The number of rotatable bonds is 4. The molecule has 2 heterocycles. The third-order valence-electron chi connectivity index (χ3n) is 2.82. The molecule has 0 aliphatic heterocycles. The highest BCUT2D eigenvalue weighted by Crippen LogP contribution is 2.23. The van der Waals surface area contributed by atoms with Gasteiger partial charge < -0.3 is 11.1 Å². The van der Waals surface area contributed by atoms with E-state index < -0.39 is 6.04 Å². The van der Waals surface area contributed by atoms with E-state index in [4.69, 9.17) is 5.73 Å². The summed E-state index contributed by atoms with van der Waals surface area (Å²) in [6.45, 7) is 4.03. The highest BCUT2D eigenvalue weighted by atomic mass is 32.1. The van der Waals surface area contributed by atoms with E-state index >= 15 is 0 Å². The van der Waals surface area contributed by atoms with E-state index in [0.717, 1.165) is 17.0 Å². The molecule has 7 heteroatoms. The summed E-state index contributed by atoms with van der Waals surface area (Å²) in [4.78, 5) is 17.5. The number of anilines is 1. The lowest BCUT2D eigenvalue weighted by molar-refractivity contribution is -0.117. The largest absolute Gasteiger partial charge is 0.316 e. The first-order valence-electron chi connectivity index (χ1n) is 6.02. The Labute approximate surface area is 115 Å². The fourth-order valence-corrected chi connectivity index (χ4v) is 2.65. The van der Waals surface area contributed by atoms with E-state index in [1.807, 2.05) is 13.8 Å². The molecule has 0 saturated carbocycles. The van der Waals surface area contributed by atoms with E-state index in [2.05, 4.69) is 15.4 Å². The van der Waals surface area contributed by atoms with E-state index in [1.54, 1.807) is 24.1 Å². The highest BCUT2D eigenvalue weighted by Gasteiger charge is 2.19. The Hall–Kier alpha value is -1.73. The lowest BCUT2D eigenvalue weighted by atomic mass is 10.1. The van der Waals surface area contributed by atoms with Crippen molar-refractivity contribution >= 4 is 22.4 Å². The summed E-state index contributed by atoms with van der Waals surface area (Å²) in [6.07, 6.45) is 4.18. The van der Waals surface area contributed by atoms with Gasteiger partial charge in [-0.05, 0) is 13.3 Å². The second kappa shape index (κ2) is 5.50. The van der Waals surface area contributed by atoms with Gasteiger partial charge in [-0.2, -0.15) is 5.10 Å². The van der Waals surface area contributed by atoms with Crippen LogP contribution in [0.15, 0.2) is 12.4 Å². The lowest BCUT2D eigenvalue weighted by Crippen LogP contribution is -2.27. The summed E-state index contributed by atoms with van der Waals surface area (Å²) >= 11 is 1.47. The Morgan fingerprint density at radius 3 is 2.89 bits per heavy atom. The molecule has 1 amide bonds. The van der Waals surface area contributed by atoms with E-state index in [-0.39, 0.29) is 5.91 Å². The summed E-state index contributed by atoms with van der Waals surface area (Å²) in [5.41, 5.74) is 7.58. The minimum absolute atomic E-state index is 0.274. The SMILES string of the molecule is CCc1nc(NC(=O)C(N)c2cnn(C)c2)sc1C. The molecule has 19 heavy (non-hydrogen) atoms.